The summed E-state index contributed by atoms with van der Waals surface area (Å²) >= 11 is 0. The fraction of sp³-hybridized carbons (Fsp3) is 0. The summed E-state index contributed by atoms with van der Waals surface area (Å²) in [5.41, 5.74) is 0.528. The van der Waals surface area contributed by atoms with Crippen molar-refractivity contribution in [3.63, 3.8) is 0 Å². The molecule has 1 aliphatic heterocycles. The van der Waals surface area contributed by atoms with E-state index in [0.717, 1.165) is 0 Å². The van der Waals surface area contributed by atoms with Crippen LogP contribution in [0.3, 0.4) is 0 Å². The molecule has 0 amide bonds. The molecule has 0 bridgehead atoms. The average molecular weight is 351 g/mol. The maximum atomic E-state index is 8.94. The van der Waals surface area contributed by atoms with Crippen LogP contribution in [0.2, 0.25) is 0 Å². The molecule has 0 atom stereocenters. The normalized spacial score (nSPS) is 27.7. The van der Waals surface area contributed by atoms with Crippen molar-refractivity contribution in [1.29, 1.82) is 5.26 Å². The minimum Gasteiger partial charge on any atom is -0.346 e. The molecule has 0 N–H and O–H groups in total. The van der Waals surface area contributed by atoms with Crippen LogP contribution in [-0.2, 0) is 4.84 Å². The van der Waals surface area contributed by atoms with Crippen molar-refractivity contribution in [2.75, 3.05) is 0 Å². The third-order valence-electron chi connectivity index (χ3n) is 2.00. The van der Waals surface area contributed by atoms with Gasteiger partial charge >= 0.3 is 0 Å². The molecule has 7 heteroatoms. The molecule has 0 aliphatic carbocycles. The largest absolute Gasteiger partial charge is 0.346 e. The molecule has 0 saturated heterocycles. The predicted octanol–water partition coefficient (Wildman–Crippen LogP) is 4.96. The first-order valence-electron chi connectivity index (χ1n) is 6.13. The van der Waals surface area contributed by atoms with E-state index >= 15 is 0 Å². The molecule has 0 aromatic rings. The second kappa shape index (κ2) is 17.4. The number of nitrogens with zero attached hydrogens (tertiary/aromatic N) is 4. The van der Waals surface area contributed by atoms with Gasteiger partial charge in [-0.2, -0.15) is 5.26 Å². The topological polar surface area (TPSA) is 70.1 Å². The quantitative estimate of drug-likeness (QED) is 0.619. The first-order chi connectivity index (χ1) is 10.4. The van der Waals surface area contributed by atoms with Gasteiger partial charge in [0.25, 0.3) is 0 Å². The monoisotopic (exact) mass is 350 g/mol. The lowest BCUT2D eigenvalue weighted by atomic mass is 10.2. The highest BCUT2D eigenvalue weighted by atomic mass is 35.5. The number of allylic oxidation sites excluding steroid dienone is 13. The van der Waals surface area contributed by atoms with E-state index in [1.807, 2.05) is 30.4 Å². The van der Waals surface area contributed by atoms with Crippen molar-refractivity contribution in [3.05, 3.63) is 84.7 Å². The van der Waals surface area contributed by atoms with Crippen molar-refractivity contribution < 1.29 is 4.84 Å². The molecule has 0 saturated carbocycles. The molecule has 0 fully saturated rings. The van der Waals surface area contributed by atoms with Crippen LogP contribution in [-0.4, -0.2) is 6.21 Å². The maximum Gasteiger partial charge on any atom is 0.124 e. The summed E-state index contributed by atoms with van der Waals surface area (Å²) < 4.78 is 0. The van der Waals surface area contributed by atoms with Crippen molar-refractivity contribution >= 4 is 31.0 Å². The van der Waals surface area contributed by atoms with Crippen LogP contribution in [0.4, 0.5) is 0 Å². The highest BCUT2D eigenvalue weighted by molar-refractivity contribution is 5.85. The van der Waals surface area contributed by atoms with Gasteiger partial charge in [-0.15, -0.1) is 29.9 Å². The number of hydrogen-bond donors (Lipinski definition) is 0. The second-order valence-corrected chi connectivity index (χ2v) is 3.50. The molecule has 1 heterocycles. The summed E-state index contributed by atoms with van der Waals surface area (Å²) in [6.07, 6.45) is 24.0. The number of rotatable bonds is 0. The zero-order valence-electron chi connectivity index (χ0n) is 12.1. The molecule has 5 nitrogen and oxygen atoms in total. The van der Waals surface area contributed by atoms with Crippen molar-refractivity contribution in [1.82, 2.24) is 0 Å². The Labute approximate surface area is 147 Å². The Kier molecular flexibility index (Phi) is 17.1. The van der Waals surface area contributed by atoms with E-state index in [4.69, 9.17) is 10.1 Å². The average Bonchev–Trinajstić information content (AvgIpc) is 2.51. The highest BCUT2D eigenvalue weighted by Gasteiger charge is 1.83. The van der Waals surface area contributed by atoms with Gasteiger partial charge in [-0.3, -0.25) is 0 Å². The molecule has 0 spiro atoms. The van der Waals surface area contributed by atoms with E-state index in [2.05, 4.69) is 21.7 Å². The lowest BCUT2D eigenvalue weighted by Crippen LogP contribution is -1.69. The van der Waals surface area contributed by atoms with Crippen LogP contribution in [0, 0.1) is 11.3 Å². The third kappa shape index (κ3) is 14.0. The Balaban J connectivity index is 0. The van der Waals surface area contributed by atoms with Crippen LogP contribution in [0.1, 0.15) is 0 Å². The smallest absolute Gasteiger partial charge is 0.124 e. The molecular weight excluding hydrogens is 335 g/mol. The fourth-order valence-corrected chi connectivity index (χ4v) is 1.10. The van der Waals surface area contributed by atoms with Gasteiger partial charge in [0.1, 0.15) is 6.26 Å². The summed E-state index contributed by atoms with van der Waals surface area (Å²) in [5, 5.41) is 19.3. The molecule has 0 radical (unpaired) electrons. The number of halogens is 2. The zero-order valence-corrected chi connectivity index (χ0v) is 13.7. The van der Waals surface area contributed by atoms with Gasteiger partial charge in [0.15, 0.2) is 0 Å². The van der Waals surface area contributed by atoms with Gasteiger partial charge in [0.2, 0.25) is 0 Å². The van der Waals surface area contributed by atoms with Crippen molar-refractivity contribution in [3.8, 4) is 6.07 Å². The van der Waals surface area contributed by atoms with E-state index < -0.39 is 0 Å². The maximum absolute atomic E-state index is 8.94. The second-order valence-electron chi connectivity index (χ2n) is 3.50. The van der Waals surface area contributed by atoms with Gasteiger partial charge in [0, 0.05) is 0 Å². The van der Waals surface area contributed by atoms with E-state index in [0.29, 0.717) is 5.57 Å². The van der Waals surface area contributed by atoms with E-state index in [1.165, 1.54) is 12.5 Å². The van der Waals surface area contributed by atoms with Crippen LogP contribution in [0.5, 0.6) is 0 Å². The number of hydrogen-bond acceptors (Lipinski definition) is 5. The van der Waals surface area contributed by atoms with Crippen LogP contribution in [0.15, 0.2) is 100 Å². The van der Waals surface area contributed by atoms with Gasteiger partial charge < -0.3 is 4.84 Å². The molecule has 23 heavy (non-hydrogen) atoms. The Bertz CT molecular complexity index is 618. The summed E-state index contributed by atoms with van der Waals surface area (Å²) in [7, 11) is 0. The van der Waals surface area contributed by atoms with Crippen molar-refractivity contribution in [2.45, 2.75) is 0 Å². The fourth-order valence-electron chi connectivity index (χ4n) is 1.10. The molecule has 120 valence electrons. The third-order valence-corrected chi connectivity index (χ3v) is 2.00. The van der Waals surface area contributed by atoms with Gasteiger partial charge in [-0.25, -0.2) is 0 Å². The zero-order chi connectivity index (χ0) is 15.0. The molecule has 0 aromatic heterocycles. The summed E-state index contributed by atoms with van der Waals surface area (Å²) in [6.45, 7) is 0. The van der Waals surface area contributed by atoms with E-state index in [9.17, 15) is 0 Å². The Morgan fingerprint density at radius 2 is 1.48 bits per heavy atom. The first-order valence-corrected chi connectivity index (χ1v) is 6.13. The number of nitriles is 1. The molecule has 1 rings (SSSR count). The summed E-state index contributed by atoms with van der Waals surface area (Å²) in [5.74, 6) is 0. The molecule has 0 unspecified atom stereocenters. The highest BCUT2D eigenvalue weighted by Crippen LogP contribution is 1.96. The first kappa shape index (κ1) is 22.6. The lowest BCUT2D eigenvalue weighted by Gasteiger charge is -1.82. The van der Waals surface area contributed by atoms with Gasteiger partial charge in [-0.1, -0.05) is 48.6 Å². The Hall–Kier alpha value is -2.68. The SMILES string of the molecule is Cl.Cl.N#CC1=C/C=C\C=N/N=N\O/C=C\C=C/C=C\C=C/C=C\1. The standard InChI is InChI=1S/C16H14N4O.2ClH/c17-15-16-11-7-5-3-1-2-4-6-10-14-21-20-19-18-13-9-8-12-16;;/h1-14H;2*1H/b2-1-,5-3-,6-4-,9-8-,11-7-,14-10-,16-12+,18-13-,20-19-;;. The summed E-state index contributed by atoms with van der Waals surface area (Å²) in [6, 6.07) is 2.08. The Morgan fingerprint density at radius 1 is 0.826 bits per heavy atom. The van der Waals surface area contributed by atoms with E-state index in [-0.39, 0.29) is 24.8 Å². The minimum absolute atomic E-state index is 0. The van der Waals surface area contributed by atoms with Crippen molar-refractivity contribution in [2.24, 2.45) is 15.6 Å². The van der Waals surface area contributed by atoms with Crippen LogP contribution in [0.25, 0.3) is 0 Å². The molecular formula is C16H16Cl2N4O. The van der Waals surface area contributed by atoms with Gasteiger partial charge in [-0.05, 0) is 29.5 Å². The van der Waals surface area contributed by atoms with Crippen LogP contribution < -0.4 is 0 Å². The Morgan fingerprint density at radius 3 is 2.17 bits per heavy atom. The van der Waals surface area contributed by atoms with Crippen LogP contribution >= 0.6 is 24.8 Å². The molecule has 0 aromatic carbocycles. The summed E-state index contributed by atoms with van der Waals surface area (Å²) in [4.78, 5) is 4.72. The lowest BCUT2D eigenvalue weighted by molar-refractivity contribution is 0.237. The minimum atomic E-state index is 0. The predicted molar refractivity (Wildman–Crippen MR) is 97.5 cm³/mol. The molecule has 1 aliphatic rings. The van der Waals surface area contributed by atoms with Gasteiger partial charge in [0.05, 0.1) is 23.1 Å². The van der Waals surface area contributed by atoms with E-state index in [1.54, 1.807) is 42.5 Å².